The summed E-state index contributed by atoms with van der Waals surface area (Å²) in [4.78, 5) is 0. The van der Waals surface area contributed by atoms with Gasteiger partial charge in [-0.05, 0) is 0 Å². The van der Waals surface area contributed by atoms with Crippen LogP contribution in [-0.2, 0) is 6.42 Å². The minimum absolute atomic E-state index is 0. The van der Waals surface area contributed by atoms with Gasteiger partial charge >= 0.3 is 31.1 Å². The Balaban J connectivity index is 0. The molecule has 0 radical (unpaired) electrons. The van der Waals surface area contributed by atoms with Crippen LogP contribution in [0.4, 0.5) is 0 Å². The Morgan fingerprint density at radius 1 is 1.00 bits per heavy atom. The van der Waals surface area contributed by atoms with Gasteiger partial charge < -0.3 is 16.9 Å². The maximum absolute atomic E-state index is 5.59. The molecule has 0 spiro atoms. The van der Waals surface area contributed by atoms with E-state index >= 15 is 0 Å². The van der Waals surface area contributed by atoms with E-state index in [9.17, 15) is 0 Å². The van der Waals surface area contributed by atoms with Crippen LogP contribution in [0.5, 0.6) is 11.5 Å². The molecule has 0 aliphatic rings. The van der Waals surface area contributed by atoms with E-state index in [1.165, 1.54) is 0 Å². The smallest absolute Gasteiger partial charge is 0.483 e. The molecular formula is C17H19O2U2-. The summed E-state index contributed by atoms with van der Waals surface area (Å²) in [6, 6.07) is 17.7. The summed E-state index contributed by atoms with van der Waals surface area (Å²) in [6.07, 6.45) is 0.920. The number of aryl methyl sites for hydroxylation is 2. The molecule has 2 aromatic rings. The van der Waals surface area contributed by atoms with E-state index in [2.05, 4.69) is 19.1 Å². The van der Waals surface area contributed by atoms with Crippen molar-refractivity contribution in [3.63, 3.8) is 0 Å². The van der Waals surface area contributed by atoms with Crippen LogP contribution in [0.3, 0.4) is 0 Å². The van der Waals surface area contributed by atoms with Crippen LogP contribution in [0.1, 0.15) is 18.1 Å². The molecule has 108 valence electrons. The van der Waals surface area contributed by atoms with Crippen molar-refractivity contribution in [3.8, 4) is 11.5 Å². The van der Waals surface area contributed by atoms with E-state index < -0.39 is 0 Å². The Bertz CT molecular complexity index is 516. The predicted octanol–water partition coefficient (Wildman–Crippen LogP) is 4.02. The quantitative estimate of drug-likeness (QED) is 0.342. The van der Waals surface area contributed by atoms with Crippen molar-refractivity contribution in [1.82, 2.24) is 0 Å². The van der Waals surface area contributed by atoms with Gasteiger partial charge in [0, 0.05) is 42.6 Å². The van der Waals surface area contributed by atoms with Gasteiger partial charge in [0.15, 0.2) is 0 Å². The Morgan fingerprint density at radius 3 is 2.19 bits per heavy atom. The zero-order valence-electron chi connectivity index (χ0n) is 12.7. The Kier molecular flexibility index (Phi) is 14.1. The molecule has 0 unspecified atom stereocenters. The zero-order valence-corrected chi connectivity index (χ0v) is 21.0. The molecule has 0 saturated heterocycles. The third kappa shape index (κ3) is 7.30. The summed E-state index contributed by atoms with van der Waals surface area (Å²) in [5.74, 6) is 1.49. The first-order chi connectivity index (χ1) is 8.81. The van der Waals surface area contributed by atoms with Gasteiger partial charge in [-0.1, -0.05) is 20.3 Å². The van der Waals surface area contributed by atoms with Gasteiger partial charge in [0.2, 0.25) is 6.79 Å². The Hall–Kier alpha value is 0.144. The summed E-state index contributed by atoms with van der Waals surface area (Å²) in [5.41, 5.74) is 2.18. The summed E-state index contributed by atoms with van der Waals surface area (Å²) >= 11 is 0. The predicted molar refractivity (Wildman–Crippen MR) is 77.2 cm³/mol. The molecule has 0 fully saturated rings. The summed E-state index contributed by atoms with van der Waals surface area (Å²) in [5, 5.41) is 0. The molecular weight excluding hydrogens is 712 g/mol. The standard InChI is InChI=1S/C16H16O2.CH3.2U/c1-3-14-9-5-7-11-16(14)18-12-17-15-10-6-4-8-13(15)2;;;/h4-9H,3,12H2,1-2H3;1H3;;/q-2;-1;;+2. The van der Waals surface area contributed by atoms with Crippen molar-refractivity contribution in [2.75, 3.05) is 6.79 Å². The van der Waals surface area contributed by atoms with Crippen molar-refractivity contribution >= 4 is 0 Å². The van der Waals surface area contributed by atoms with Gasteiger partial charge in [0.05, 0.1) is 0 Å². The van der Waals surface area contributed by atoms with Gasteiger partial charge in [-0.2, -0.15) is 36.4 Å². The molecule has 0 aromatic heterocycles. The Morgan fingerprint density at radius 2 is 1.57 bits per heavy atom. The minimum atomic E-state index is 0. The average Bonchev–Trinajstić information content (AvgIpc) is 2.41. The minimum Gasteiger partial charge on any atom is -0.483 e. The first kappa shape index (κ1) is 23.4. The molecule has 2 rings (SSSR count). The van der Waals surface area contributed by atoms with Crippen molar-refractivity contribution in [1.29, 1.82) is 0 Å². The molecule has 0 heterocycles. The average molecular weight is 731 g/mol. The second kappa shape index (κ2) is 12.7. The molecule has 0 aliphatic carbocycles. The van der Waals surface area contributed by atoms with E-state index in [0.717, 1.165) is 29.0 Å². The molecule has 21 heavy (non-hydrogen) atoms. The monoisotopic (exact) mass is 731 g/mol. The van der Waals surface area contributed by atoms with Crippen LogP contribution in [0.2, 0.25) is 0 Å². The van der Waals surface area contributed by atoms with Gasteiger partial charge in [0.1, 0.15) is 0 Å². The van der Waals surface area contributed by atoms with Crippen LogP contribution >= 0.6 is 0 Å². The van der Waals surface area contributed by atoms with Gasteiger partial charge in [0.25, 0.3) is 0 Å². The van der Waals surface area contributed by atoms with E-state index in [-0.39, 0.29) is 76.4 Å². The third-order valence-electron chi connectivity index (χ3n) is 2.70. The van der Waals surface area contributed by atoms with Crippen molar-refractivity contribution < 1.29 is 71.7 Å². The maximum Gasteiger partial charge on any atom is 2.00 e. The number of hydrogen-bond donors (Lipinski definition) is 0. The molecule has 0 bridgehead atoms. The number of benzene rings is 2. The van der Waals surface area contributed by atoms with Crippen LogP contribution in [0.15, 0.2) is 36.4 Å². The second-order valence-corrected chi connectivity index (χ2v) is 3.97. The molecule has 0 saturated carbocycles. The molecule has 2 aromatic carbocycles. The first-order valence-electron chi connectivity index (χ1n) is 6.03. The van der Waals surface area contributed by atoms with Crippen molar-refractivity contribution in [2.24, 2.45) is 0 Å². The fourth-order valence-electron chi connectivity index (χ4n) is 1.68. The summed E-state index contributed by atoms with van der Waals surface area (Å²) < 4.78 is 11.1. The van der Waals surface area contributed by atoms with Gasteiger partial charge in [-0.3, -0.25) is 0 Å². The van der Waals surface area contributed by atoms with Crippen molar-refractivity contribution in [3.05, 3.63) is 67.1 Å². The molecule has 0 N–H and O–H groups in total. The summed E-state index contributed by atoms with van der Waals surface area (Å²) in [6.45, 7) is 4.25. The van der Waals surface area contributed by atoms with Crippen LogP contribution < -0.4 is 9.47 Å². The first-order valence-corrected chi connectivity index (χ1v) is 6.03. The number of hydrogen-bond acceptors (Lipinski definition) is 2. The van der Waals surface area contributed by atoms with Crippen LogP contribution in [0, 0.1) is 88.7 Å². The van der Waals surface area contributed by atoms with E-state index in [1.54, 1.807) is 0 Å². The SMILES string of the molecule is CCc1ccc[c-]c1OCOc1[c-]cccc1C.[CH3-].[U+2].[U]. The second-order valence-electron chi connectivity index (χ2n) is 3.97. The molecule has 0 aliphatic heterocycles. The van der Waals surface area contributed by atoms with Gasteiger partial charge in [-0.15, -0.1) is 23.3 Å². The van der Waals surface area contributed by atoms with E-state index in [0.29, 0.717) is 0 Å². The number of rotatable bonds is 5. The van der Waals surface area contributed by atoms with Gasteiger partial charge in [-0.25, -0.2) is 0 Å². The summed E-state index contributed by atoms with van der Waals surface area (Å²) in [7, 11) is 0. The zero-order chi connectivity index (χ0) is 12.8. The van der Waals surface area contributed by atoms with E-state index in [1.807, 2.05) is 43.3 Å². The maximum atomic E-state index is 5.59. The van der Waals surface area contributed by atoms with E-state index in [4.69, 9.17) is 9.47 Å². The molecule has 2 nitrogen and oxygen atoms in total. The fourth-order valence-corrected chi connectivity index (χ4v) is 1.68. The fraction of sp³-hybridized carbons (Fsp3) is 0.235. The topological polar surface area (TPSA) is 18.5 Å². The number of para-hydroxylation sites is 2. The molecule has 0 atom stereocenters. The largest absolute Gasteiger partial charge is 2.00 e. The third-order valence-corrected chi connectivity index (χ3v) is 2.70. The van der Waals surface area contributed by atoms with Crippen molar-refractivity contribution in [2.45, 2.75) is 20.3 Å². The van der Waals surface area contributed by atoms with Crippen LogP contribution in [-0.4, -0.2) is 6.79 Å². The number of ether oxygens (including phenoxy) is 2. The molecule has 4 heteroatoms. The van der Waals surface area contributed by atoms with Crippen LogP contribution in [0.25, 0.3) is 0 Å². The molecule has 0 amide bonds. The Labute approximate surface area is 175 Å². The normalized spacial score (nSPS) is 8.67.